The molecule has 2 unspecified atom stereocenters. The summed E-state index contributed by atoms with van der Waals surface area (Å²) in [4.78, 5) is 11.6. The molecule has 0 heterocycles. The first-order valence-corrected chi connectivity index (χ1v) is 7.58. The number of hydrogen-bond acceptors (Lipinski definition) is 4. The van der Waals surface area contributed by atoms with Crippen molar-refractivity contribution in [3.05, 3.63) is 48.0 Å². The molecule has 5 nitrogen and oxygen atoms in total. The Morgan fingerprint density at radius 3 is 2.43 bits per heavy atom. The second-order valence-electron chi connectivity index (χ2n) is 6.50. The topological polar surface area (TPSA) is 78.8 Å². The molecular weight excluding hydrogens is 294 g/mol. The van der Waals surface area contributed by atoms with Crippen molar-refractivity contribution >= 4 is 16.9 Å². The van der Waals surface area contributed by atoms with Gasteiger partial charge in [-0.1, -0.05) is 36.4 Å². The lowest BCUT2D eigenvalue weighted by Gasteiger charge is -2.22. The number of aliphatic hydroxyl groups is 2. The van der Waals surface area contributed by atoms with Crippen LogP contribution in [0.4, 0.5) is 4.79 Å². The highest BCUT2D eigenvalue weighted by molar-refractivity contribution is 5.83. The van der Waals surface area contributed by atoms with Crippen LogP contribution >= 0.6 is 0 Å². The molecule has 1 amide bonds. The monoisotopic (exact) mass is 317 g/mol. The van der Waals surface area contributed by atoms with E-state index in [1.54, 1.807) is 26.8 Å². The van der Waals surface area contributed by atoms with Crippen molar-refractivity contribution < 1.29 is 19.7 Å². The Bertz CT molecular complexity index is 678. The molecule has 2 aromatic rings. The van der Waals surface area contributed by atoms with E-state index in [1.165, 1.54) is 0 Å². The second kappa shape index (κ2) is 6.98. The van der Waals surface area contributed by atoms with Crippen molar-refractivity contribution in [2.45, 2.75) is 38.6 Å². The fourth-order valence-electron chi connectivity index (χ4n) is 2.23. The van der Waals surface area contributed by atoms with Gasteiger partial charge < -0.3 is 20.3 Å². The Balaban J connectivity index is 1.98. The molecule has 124 valence electrons. The first-order valence-electron chi connectivity index (χ1n) is 7.58. The number of amides is 1. The molecule has 2 aromatic carbocycles. The lowest BCUT2D eigenvalue weighted by atomic mass is 10.0. The molecule has 23 heavy (non-hydrogen) atoms. The fourth-order valence-corrected chi connectivity index (χ4v) is 2.23. The van der Waals surface area contributed by atoms with Crippen molar-refractivity contribution in [1.82, 2.24) is 5.32 Å². The number of carbonyl (C=O) groups excluding carboxylic acids is 1. The van der Waals surface area contributed by atoms with Crippen molar-refractivity contribution in [3.63, 3.8) is 0 Å². The van der Waals surface area contributed by atoms with Gasteiger partial charge >= 0.3 is 6.09 Å². The van der Waals surface area contributed by atoms with Gasteiger partial charge in [-0.05, 0) is 43.2 Å². The first kappa shape index (κ1) is 17.2. The molecule has 0 bridgehead atoms. The maximum atomic E-state index is 11.6. The summed E-state index contributed by atoms with van der Waals surface area (Å²) in [6, 6.07) is 13.3. The van der Waals surface area contributed by atoms with Gasteiger partial charge in [-0.3, -0.25) is 0 Å². The van der Waals surface area contributed by atoms with Gasteiger partial charge in [0.15, 0.2) is 0 Å². The Labute approximate surface area is 135 Å². The van der Waals surface area contributed by atoms with Gasteiger partial charge in [-0.2, -0.15) is 0 Å². The number of aliphatic hydroxyl groups excluding tert-OH is 2. The fraction of sp³-hybridized carbons (Fsp3) is 0.389. The molecule has 0 saturated heterocycles. The summed E-state index contributed by atoms with van der Waals surface area (Å²) < 4.78 is 5.09. The van der Waals surface area contributed by atoms with Crippen LogP contribution in [0.5, 0.6) is 0 Å². The maximum Gasteiger partial charge on any atom is 0.407 e. The summed E-state index contributed by atoms with van der Waals surface area (Å²) >= 11 is 0. The molecule has 2 rings (SSSR count). The van der Waals surface area contributed by atoms with Crippen molar-refractivity contribution in [3.8, 4) is 0 Å². The average molecular weight is 317 g/mol. The van der Waals surface area contributed by atoms with E-state index in [9.17, 15) is 15.0 Å². The van der Waals surface area contributed by atoms with Crippen LogP contribution in [0.2, 0.25) is 0 Å². The third-order valence-electron chi connectivity index (χ3n) is 3.33. The van der Waals surface area contributed by atoms with Crippen molar-refractivity contribution in [2.75, 3.05) is 6.54 Å². The predicted molar refractivity (Wildman–Crippen MR) is 89.2 cm³/mol. The van der Waals surface area contributed by atoms with Crippen LogP contribution < -0.4 is 5.32 Å². The van der Waals surface area contributed by atoms with E-state index in [1.807, 2.05) is 36.4 Å². The number of benzene rings is 2. The van der Waals surface area contributed by atoms with Gasteiger partial charge in [0, 0.05) is 6.54 Å². The Kier molecular flexibility index (Phi) is 5.23. The number of carbonyl (C=O) groups is 1. The zero-order chi connectivity index (χ0) is 17.0. The molecule has 3 N–H and O–H groups in total. The molecule has 2 atom stereocenters. The molecule has 0 spiro atoms. The zero-order valence-corrected chi connectivity index (χ0v) is 13.6. The molecule has 0 saturated carbocycles. The maximum absolute atomic E-state index is 11.6. The Morgan fingerprint density at radius 1 is 1.13 bits per heavy atom. The highest BCUT2D eigenvalue weighted by Gasteiger charge is 2.21. The number of fused-ring (bicyclic) bond motifs is 1. The third-order valence-corrected chi connectivity index (χ3v) is 3.33. The third kappa shape index (κ3) is 4.94. The summed E-state index contributed by atoms with van der Waals surface area (Å²) in [5.74, 6) is 0. The standard InChI is InChI=1S/C18H23NO4/c1-18(2,3)23-17(22)19-11-15(20)16(21)14-9-8-12-6-4-5-7-13(12)10-14/h4-10,15-16,20-21H,11H2,1-3H3,(H,19,22). The Morgan fingerprint density at radius 2 is 1.78 bits per heavy atom. The van der Waals surface area contributed by atoms with E-state index in [4.69, 9.17) is 4.74 Å². The minimum Gasteiger partial charge on any atom is -0.444 e. The zero-order valence-electron chi connectivity index (χ0n) is 13.6. The van der Waals surface area contributed by atoms with Gasteiger partial charge in [0.1, 0.15) is 17.8 Å². The molecule has 0 aliphatic heterocycles. The summed E-state index contributed by atoms with van der Waals surface area (Å²) in [6.07, 6.45) is -2.83. The van der Waals surface area contributed by atoms with Gasteiger partial charge in [0.05, 0.1) is 0 Å². The summed E-state index contributed by atoms with van der Waals surface area (Å²) in [7, 11) is 0. The van der Waals surface area contributed by atoms with Crippen LogP contribution in [-0.2, 0) is 4.74 Å². The van der Waals surface area contributed by atoms with E-state index in [0.717, 1.165) is 10.8 Å². The number of alkyl carbamates (subject to hydrolysis) is 1. The van der Waals surface area contributed by atoms with Crippen LogP contribution in [-0.4, -0.2) is 34.6 Å². The van der Waals surface area contributed by atoms with Crippen molar-refractivity contribution in [2.24, 2.45) is 0 Å². The van der Waals surface area contributed by atoms with E-state index in [-0.39, 0.29) is 6.54 Å². The minimum absolute atomic E-state index is 0.0943. The van der Waals surface area contributed by atoms with Crippen LogP contribution in [0.25, 0.3) is 10.8 Å². The smallest absolute Gasteiger partial charge is 0.407 e. The quantitative estimate of drug-likeness (QED) is 0.810. The normalized spacial score (nSPS) is 14.3. The predicted octanol–water partition coefficient (Wildman–Crippen LogP) is 2.76. The highest BCUT2D eigenvalue weighted by atomic mass is 16.6. The van der Waals surface area contributed by atoms with E-state index >= 15 is 0 Å². The number of nitrogens with one attached hydrogen (secondary N) is 1. The van der Waals surface area contributed by atoms with Gasteiger partial charge in [0.25, 0.3) is 0 Å². The SMILES string of the molecule is CC(C)(C)OC(=O)NCC(O)C(O)c1ccc2ccccc2c1. The molecule has 5 heteroatoms. The van der Waals surface area contributed by atoms with Gasteiger partial charge in [0.2, 0.25) is 0 Å². The lowest BCUT2D eigenvalue weighted by Crippen LogP contribution is -2.38. The summed E-state index contributed by atoms with van der Waals surface area (Å²) in [6.45, 7) is 5.18. The Hall–Kier alpha value is -2.11. The molecular formula is C18H23NO4. The summed E-state index contributed by atoms with van der Waals surface area (Å²) in [5, 5.41) is 24.8. The highest BCUT2D eigenvalue weighted by Crippen LogP contribution is 2.22. The summed E-state index contributed by atoms with van der Waals surface area (Å²) in [5.41, 5.74) is -0.00591. The van der Waals surface area contributed by atoms with Crippen molar-refractivity contribution in [1.29, 1.82) is 0 Å². The number of hydrogen-bond donors (Lipinski definition) is 3. The van der Waals surface area contributed by atoms with Gasteiger partial charge in [-0.25, -0.2) is 4.79 Å². The van der Waals surface area contributed by atoms with Crippen LogP contribution in [0.1, 0.15) is 32.4 Å². The molecule has 0 aliphatic rings. The van der Waals surface area contributed by atoms with E-state index in [0.29, 0.717) is 5.56 Å². The molecule has 0 aliphatic carbocycles. The van der Waals surface area contributed by atoms with Crippen LogP contribution in [0, 0.1) is 0 Å². The largest absolute Gasteiger partial charge is 0.444 e. The average Bonchev–Trinajstić information content (AvgIpc) is 2.49. The first-order chi connectivity index (χ1) is 10.8. The minimum atomic E-state index is -1.12. The van der Waals surface area contributed by atoms with E-state index in [2.05, 4.69) is 5.32 Å². The lowest BCUT2D eigenvalue weighted by molar-refractivity contribution is 0.0130. The molecule has 0 radical (unpaired) electrons. The van der Waals surface area contributed by atoms with Crippen LogP contribution in [0.3, 0.4) is 0 Å². The van der Waals surface area contributed by atoms with E-state index < -0.39 is 23.9 Å². The number of ether oxygens (including phenoxy) is 1. The second-order valence-corrected chi connectivity index (χ2v) is 6.50. The molecule has 0 fully saturated rings. The molecule has 0 aromatic heterocycles. The van der Waals surface area contributed by atoms with Crippen LogP contribution in [0.15, 0.2) is 42.5 Å². The number of rotatable bonds is 4. The van der Waals surface area contributed by atoms with Gasteiger partial charge in [-0.15, -0.1) is 0 Å².